The summed E-state index contributed by atoms with van der Waals surface area (Å²) >= 11 is 0.920. The number of nitroso groups, excluding NO2 is 1. The van der Waals surface area contributed by atoms with Crippen LogP contribution in [0.5, 0.6) is 11.6 Å². The molecule has 3 aromatic heterocycles. The van der Waals surface area contributed by atoms with Crippen molar-refractivity contribution >= 4 is 32.5 Å². The van der Waals surface area contributed by atoms with Crippen LogP contribution in [0, 0.1) is 10.7 Å². The van der Waals surface area contributed by atoms with E-state index in [2.05, 4.69) is 25.4 Å². The highest BCUT2D eigenvalue weighted by atomic mass is 32.1. The van der Waals surface area contributed by atoms with Gasteiger partial charge in [0.1, 0.15) is 35.4 Å². The summed E-state index contributed by atoms with van der Waals surface area (Å²) < 4.78 is 20.2. The number of hydrogen-bond donors (Lipinski definition) is 3. The number of nitrogens with zero attached hydrogens (tertiary/aromatic N) is 3. The quantitative estimate of drug-likeness (QED) is 0.198. The first-order valence-corrected chi connectivity index (χ1v) is 11.9. The molecule has 11 heteroatoms. The lowest BCUT2D eigenvalue weighted by Gasteiger charge is -2.13. The minimum atomic E-state index is -0.760. The number of H-pyrrole nitrogens is 1. The first kappa shape index (κ1) is 23.5. The van der Waals surface area contributed by atoms with Crippen LogP contribution in [-0.2, 0) is 0 Å². The minimum Gasteiger partial charge on any atom is -0.506 e. The number of fused-ring (bicyclic) bond motifs is 2. The van der Waals surface area contributed by atoms with Crippen molar-refractivity contribution < 1.29 is 14.2 Å². The second-order valence-electron chi connectivity index (χ2n) is 7.96. The van der Waals surface area contributed by atoms with Crippen LogP contribution in [0.2, 0.25) is 0 Å². The van der Waals surface area contributed by atoms with Gasteiger partial charge in [0.25, 0.3) is 0 Å². The summed E-state index contributed by atoms with van der Waals surface area (Å²) in [6, 6.07) is 13.9. The van der Waals surface area contributed by atoms with Crippen LogP contribution >= 0.6 is 11.3 Å². The second kappa shape index (κ2) is 10.2. The zero-order valence-corrected chi connectivity index (χ0v) is 19.6. The molecule has 0 radical (unpaired) electrons. The second-order valence-corrected chi connectivity index (χ2v) is 8.94. The van der Waals surface area contributed by atoms with E-state index in [0.717, 1.165) is 16.7 Å². The number of ether oxygens (including phenoxy) is 1. The Morgan fingerprint density at radius 3 is 2.92 bits per heavy atom. The summed E-state index contributed by atoms with van der Waals surface area (Å²) in [6.07, 6.45) is 1.66. The molecule has 2 aromatic carbocycles. The lowest BCUT2D eigenvalue weighted by atomic mass is 10.1. The summed E-state index contributed by atoms with van der Waals surface area (Å²) in [5.74, 6) is -0.0715. The van der Waals surface area contributed by atoms with Crippen molar-refractivity contribution in [2.24, 2.45) is 5.18 Å². The number of aromatic nitrogens is 3. The van der Waals surface area contributed by atoms with Crippen molar-refractivity contribution in [2.45, 2.75) is 6.04 Å². The first-order chi connectivity index (χ1) is 17.5. The summed E-state index contributed by atoms with van der Waals surface area (Å²) in [5.41, 5.74) is 2.60. The van der Waals surface area contributed by atoms with Crippen LogP contribution in [0.3, 0.4) is 0 Å². The molecule has 0 fully saturated rings. The Balaban J connectivity index is 1.27. The first-order valence-electron chi connectivity index (χ1n) is 11.1. The van der Waals surface area contributed by atoms with Crippen molar-refractivity contribution in [1.29, 1.82) is 0 Å². The predicted octanol–water partition coefficient (Wildman–Crippen LogP) is 4.52. The number of halogens is 1. The number of thiazole rings is 1. The van der Waals surface area contributed by atoms with Gasteiger partial charge < -0.3 is 20.1 Å². The number of aromatic hydroxyl groups is 1. The van der Waals surface area contributed by atoms with Gasteiger partial charge in [-0.2, -0.15) is 4.91 Å². The third kappa shape index (κ3) is 4.79. The van der Waals surface area contributed by atoms with E-state index < -0.39 is 6.04 Å². The Morgan fingerprint density at radius 2 is 2.08 bits per heavy atom. The molecule has 0 bridgehead atoms. The standard InChI is InChI=1S/C25H20FN5O4S/c26-16-5-1-3-14(11-16)22-21-15(4-2-8-28-21)12-20(29-22)35-10-9-27-13-18(31-34)17-6-7-19(32)23-24(17)36-25(33)30-23/h1-8,11-12,18,27,32H,9-10,13H2,(H,30,33)/t18-/m0/s1. The topological polar surface area (TPSA) is 130 Å². The van der Waals surface area contributed by atoms with E-state index in [0.29, 0.717) is 45.0 Å². The van der Waals surface area contributed by atoms with Gasteiger partial charge in [0.05, 0.1) is 10.2 Å². The van der Waals surface area contributed by atoms with Gasteiger partial charge in [0.2, 0.25) is 5.88 Å². The van der Waals surface area contributed by atoms with Crippen molar-refractivity contribution in [3.05, 3.63) is 86.7 Å². The number of pyridine rings is 2. The molecule has 0 saturated carbocycles. The number of phenolic OH excluding ortho intramolecular Hbond substituents is 1. The molecular formula is C25H20FN5O4S. The van der Waals surface area contributed by atoms with Crippen LogP contribution < -0.4 is 14.9 Å². The smallest absolute Gasteiger partial charge is 0.305 e. The van der Waals surface area contributed by atoms with E-state index in [1.807, 2.05) is 6.07 Å². The zero-order valence-electron chi connectivity index (χ0n) is 18.8. The number of aromatic amines is 1. The fraction of sp³-hybridized carbons (Fsp3) is 0.160. The molecule has 0 aliphatic heterocycles. The number of phenols is 1. The van der Waals surface area contributed by atoms with Crippen molar-refractivity contribution in [3.8, 4) is 22.9 Å². The van der Waals surface area contributed by atoms with Crippen LogP contribution in [-0.4, -0.2) is 39.8 Å². The molecule has 0 spiro atoms. The maximum Gasteiger partial charge on any atom is 0.305 e. The molecule has 1 atom stereocenters. The van der Waals surface area contributed by atoms with Crippen LogP contribution in [0.4, 0.5) is 4.39 Å². The third-order valence-corrected chi connectivity index (χ3v) is 6.53. The molecule has 0 amide bonds. The van der Waals surface area contributed by atoms with Gasteiger partial charge in [-0.05, 0) is 24.3 Å². The van der Waals surface area contributed by atoms with Crippen LogP contribution in [0.15, 0.2) is 70.8 Å². The maximum atomic E-state index is 13.8. The monoisotopic (exact) mass is 505 g/mol. The van der Waals surface area contributed by atoms with Gasteiger partial charge in [-0.3, -0.25) is 9.78 Å². The van der Waals surface area contributed by atoms with Crippen LogP contribution in [0.1, 0.15) is 11.6 Å². The van der Waals surface area contributed by atoms with E-state index in [1.165, 1.54) is 18.2 Å². The highest BCUT2D eigenvalue weighted by Crippen LogP contribution is 2.33. The molecular weight excluding hydrogens is 485 g/mol. The van der Waals surface area contributed by atoms with Crippen molar-refractivity contribution in [3.63, 3.8) is 0 Å². The molecule has 0 saturated heterocycles. The number of rotatable bonds is 9. The van der Waals surface area contributed by atoms with E-state index >= 15 is 0 Å². The number of hydrogen-bond acceptors (Lipinski definition) is 9. The molecule has 3 N–H and O–H groups in total. The Kier molecular flexibility index (Phi) is 6.65. The summed E-state index contributed by atoms with van der Waals surface area (Å²) in [6.45, 7) is 0.844. The largest absolute Gasteiger partial charge is 0.506 e. The summed E-state index contributed by atoms with van der Waals surface area (Å²) in [4.78, 5) is 34.5. The molecule has 36 heavy (non-hydrogen) atoms. The zero-order chi connectivity index (χ0) is 25.1. The Labute approximate surface area is 207 Å². The SMILES string of the molecule is O=N[C@@H](CNCCOc1cc2cccnc2c(-c2cccc(F)c2)n1)c1ccc(O)c2[nH]c(=O)sc12. The highest BCUT2D eigenvalue weighted by molar-refractivity contribution is 7.16. The Morgan fingerprint density at radius 1 is 1.19 bits per heavy atom. The molecule has 5 aromatic rings. The molecule has 3 heterocycles. The maximum absolute atomic E-state index is 13.8. The predicted molar refractivity (Wildman–Crippen MR) is 136 cm³/mol. The van der Waals surface area contributed by atoms with Gasteiger partial charge in [-0.15, -0.1) is 0 Å². The van der Waals surface area contributed by atoms with Gasteiger partial charge in [-0.1, -0.05) is 40.8 Å². The van der Waals surface area contributed by atoms with E-state index in [9.17, 15) is 19.2 Å². The Hall–Kier alpha value is -4.22. The van der Waals surface area contributed by atoms with Gasteiger partial charge in [0, 0.05) is 41.9 Å². The van der Waals surface area contributed by atoms with E-state index in [4.69, 9.17) is 4.74 Å². The van der Waals surface area contributed by atoms with E-state index in [-0.39, 0.29) is 29.6 Å². The summed E-state index contributed by atoms with van der Waals surface area (Å²) in [7, 11) is 0. The Bertz CT molecular complexity index is 1620. The van der Waals surface area contributed by atoms with Crippen molar-refractivity contribution in [2.75, 3.05) is 19.7 Å². The fourth-order valence-electron chi connectivity index (χ4n) is 3.94. The molecule has 9 nitrogen and oxygen atoms in total. The molecule has 0 aliphatic carbocycles. The van der Waals surface area contributed by atoms with Gasteiger partial charge in [-0.25, -0.2) is 9.37 Å². The normalized spacial score (nSPS) is 12.1. The molecule has 0 unspecified atom stereocenters. The average molecular weight is 506 g/mol. The lowest BCUT2D eigenvalue weighted by Crippen LogP contribution is -2.25. The molecule has 182 valence electrons. The average Bonchev–Trinajstić information content (AvgIpc) is 3.29. The van der Waals surface area contributed by atoms with Gasteiger partial charge >= 0.3 is 4.87 Å². The molecule has 0 aliphatic rings. The minimum absolute atomic E-state index is 0.0613. The number of nitrogens with one attached hydrogen (secondary N) is 2. The van der Waals surface area contributed by atoms with Crippen molar-refractivity contribution in [1.82, 2.24) is 20.3 Å². The summed E-state index contributed by atoms with van der Waals surface area (Å²) in [5, 5.41) is 17.1. The lowest BCUT2D eigenvalue weighted by molar-refractivity contribution is 0.302. The highest BCUT2D eigenvalue weighted by Gasteiger charge is 2.19. The van der Waals surface area contributed by atoms with Crippen LogP contribution in [0.25, 0.3) is 32.4 Å². The third-order valence-electron chi connectivity index (χ3n) is 5.60. The number of benzene rings is 2. The molecule has 5 rings (SSSR count). The van der Waals surface area contributed by atoms with Gasteiger partial charge in [0.15, 0.2) is 0 Å². The van der Waals surface area contributed by atoms with E-state index in [1.54, 1.807) is 36.5 Å². The fourth-order valence-corrected chi connectivity index (χ4v) is 4.86.